The maximum Gasteiger partial charge on any atom is 0.210 e. The van der Waals surface area contributed by atoms with Gasteiger partial charge < -0.3 is 5.32 Å². The van der Waals surface area contributed by atoms with Crippen LogP contribution in [0.2, 0.25) is 5.02 Å². The van der Waals surface area contributed by atoms with Gasteiger partial charge in [0.15, 0.2) is 0 Å². The number of nitrogens with two attached hydrogens (primary N) is 1. The molecule has 0 aliphatic rings. The average Bonchev–Trinajstić information content (AvgIpc) is 2.27. The molecule has 4 N–H and O–H groups in total. The van der Waals surface area contributed by atoms with Crippen LogP contribution in [0.15, 0.2) is 23.2 Å². The summed E-state index contributed by atoms with van der Waals surface area (Å²) in [6.07, 6.45) is 0. The van der Waals surface area contributed by atoms with Crippen molar-refractivity contribution in [1.82, 2.24) is 5.43 Å². The van der Waals surface area contributed by atoms with Crippen LogP contribution in [0.4, 0.5) is 5.69 Å². The summed E-state index contributed by atoms with van der Waals surface area (Å²) in [6.45, 7) is 6.87. The van der Waals surface area contributed by atoms with Crippen LogP contribution in [0.25, 0.3) is 0 Å². The number of aliphatic imine (C=N–C) groups is 1. The molecule has 1 aromatic carbocycles. The monoisotopic (exact) mass is 254 g/mol. The number of nitrogens with one attached hydrogen (secondary N) is 2. The van der Waals surface area contributed by atoms with E-state index in [2.05, 4.69) is 29.6 Å². The average molecular weight is 255 g/mol. The summed E-state index contributed by atoms with van der Waals surface area (Å²) in [5.41, 5.74) is 4.42. The highest BCUT2D eigenvalue weighted by Gasteiger charge is 2.05. The van der Waals surface area contributed by atoms with Crippen LogP contribution in [0.1, 0.15) is 19.4 Å². The second-order valence-corrected chi connectivity index (χ2v) is 4.69. The quantitative estimate of drug-likeness (QED) is 0.336. The number of halogens is 1. The van der Waals surface area contributed by atoms with Crippen molar-refractivity contribution in [3.63, 3.8) is 0 Å². The second-order valence-electron chi connectivity index (χ2n) is 4.28. The lowest BCUT2D eigenvalue weighted by molar-refractivity contribution is 0.663. The van der Waals surface area contributed by atoms with E-state index < -0.39 is 0 Å². The molecule has 0 aliphatic heterocycles. The van der Waals surface area contributed by atoms with Crippen molar-refractivity contribution in [2.75, 3.05) is 11.9 Å². The molecular formula is C12H19ClN4. The summed E-state index contributed by atoms with van der Waals surface area (Å²) in [4.78, 5) is 4.33. The molecule has 1 aromatic rings. The van der Waals surface area contributed by atoms with E-state index in [1.165, 1.54) is 0 Å². The zero-order valence-electron chi connectivity index (χ0n) is 10.4. The lowest BCUT2D eigenvalue weighted by atomic mass is 10.2. The molecule has 0 unspecified atom stereocenters. The van der Waals surface area contributed by atoms with E-state index in [0.717, 1.165) is 11.3 Å². The summed E-state index contributed by atoms with van der Waals surface area (Å²) in [5, 5.41) is 3.75. The van der Waals surface area contributed by atoms with Crippen molar-refractivity contribution in [2.45, 2.75) is 20.8 Å². The highest BCUT2D eigenvalue weighted by molar-refractivity contribution is 6.33. The summed E-state index contributed by atoms with van der Waals surface area (Å²) < 4.78 is 0. The molecule has 4 nitrogen and oxygen atoms in total. The Kier molecular flexibility index (Phi) is 5.25. The third-order valence-corrected chi connectivity index (χ3v) is 2.53. The minimum atomic E-state index is 0.479. The molecule has 0 atom stereocenters. The van der Waals surface area contributed by atoms with E-state index in [9.17, 15) is 0 Å². The molecule has 0 heterocycles. The lowest BCUT2D eigenvalue weighted by Gasteiger charge is -2.13. The Morgan fingerprint density at radius 2 is 2.18 bits per heavy atom. The molecule has 1 rings (SSSR count). The Bertz CT molecular complexity index is 381. The Morgan fingerprint density at radius 1 is 1.47 bits per heavy atom. The predicted octanol–water partition coefficient (Wildman–Crippen LogP) is 2.54. The predicted molar refractivity (Wildman–Crippen MR) is 74.3 cm³/mol. The van der Waals surface area contributed by atoms with Crippen LogP contribution in [0.5, 0.6) is 0 Å². The van der Waals surface area contributed by atoms with Crippen molar-refractivity contribution in [3.05, 3.63) is 28.8 Å². The van der Waals surface area contributed by atoms with Gasteiger partial charge in [0.2, 0.25) is 5.96 Å². The fraction of sp³-hybridized carbons (Fsp3) is 0.417. The van der Waals surface area contributed by atoms with Gasteiger partial charge in [-0.1, -0.05) is 37.6 Å². The second kappa shape index (κ2) is 6.47. The standard InChI is InChI=1S/C12H19ClN4/c1-8(2)7-15-12(17-14)16-11-9(3)5-4-6-10(11)13/h4-6,8H,7,14H2,1-3H3,(H2,15,16,17). The normalized spacial score (nSPS) is 11.8. The number of guanidine groups is 1. The van der Waals surface area contributed by atoms with Crippen LogP contribution >= 0.6 is 11.6 Å². The number of hydrazine groups is 1. The van der Waals surface area contributed by atoms with Gasteiger partial charge in [0.25, 0.3) is 0 Å². The molecule has 0 fully saturated rings. The van der Waals surface area contributed by atoms with Crippen LogP contribution < -0.4 is 16.6 Å². The number of hydrogen-bond donors (Lipinski definition) is 3. The molecule has 17 heavy (non-hydrogen) atoms. The van der Waals surface area contributed by atoms with Crippen LogP contribution in [0, 0.1) is 12.8 Å². The first kappa shape index (κ1) is 13.8. The fourth-order valence-electron chi connectivity index (χ4n) is 1.30. The fourth-order valence-corrected chi connectivity index (χ4v) is 1.57. The Morgan fingerprint density at radius 3 is 2.71 bits per heavy atom. The maximum atomic E-state index is 6.11. The molecule has 0 saturated carbocycles. The first-order chi connectivity index (χ1) is 8.04. The van der Waals surface area contributed by atoms with Crippen LogP contribution in [-0.2, 0) is 0 Å². The van der Waals surface area contributed by atoms with Gasteiger partial charge >= 0.3 is 0 Å². The summed E-state index contributed by atoms with van der Waals surface area (Å²) >= 11 is 6.11. The highest BCUT2D eigenvalue weighted by Crippen LogP contribution is 2.24. The van der Waals surface area contributed by atoms with Crippen LogP contribution in [0.3, 0.4) is 0 Å². The Labute approximate surface area is 107 Å². The van der Waals surface area contributed by atoms with E-state index in [4.69, 9.17) is 17.4 Å². The summed E-state index contributed by atoms with van der Waals surface area (Å²) in [6, 6.07) is 5.71. The zero-order chi connectivity index (χ0) is 12.8. The number of nitrogens with zero attached hydrogens (tertiary/aromatic N) is 1. The number of anilines is 1. The number of hydrogen-bond acceptors (Lipinski definition) is 2. The first-order valence-electron chi connectivity index (χ1n) is 5.57. The smallest absolute Gasteiger partial charge is 0.210 e. The van der Waals surface area contributed by atoms with Gasteiger partial charge in [0.1, 0.15) is 0 Å². The molecule has 0 spiro atoms. The van der Waals surface area contributed by atoms with E-state index in [1.807, 2.05) is 25.1 Å². The van der Waals surface area contributed by atoms with Crippen molar-refractivity contribution in [2.24, 2.45) is 16.8 Å². The van der Waals surface area contributed by atoms with E-state index in [0.29, 0.717) is 23.4 Å². The van der Waals surface area contributed by atoms with Gasteiger partial charge in [0.05, 0.1) is 10.7 Å². The summed E-state index contributed by atoms with van der Waals surface area (Å²) in [7, 11) is 0. The largest absolute Gasteiger partial charge is 0.324 e. The van der Waals surface area contributed by atoms with Crippen molar-refractivity contribution < 1.29 is 0 Å². The third-order valence-electron chi connectivity index (χ3n) is 2.22. The van der Waals surface area contributed by atoms with Gasteiger partial charge in [0, 0.05) is 6.54 Å². The first-order valence-corrected chi connectivity index (χ1v) is 5.95. The molecule has 5 heteroatoms. The van der Waals surface area contributed by atoms with Crippen molar-refractivity contribution >= 4 is 23.2 Å². The van der Waals surface area contributed by atoms with E-state index >= 15 is 0 Å². The molecule has 0 amide bonds. The van der Waals surface area contributed by atoms with Gasteiger partial charge in [-0.3, -0.25) is 10.4 Å². The molecule has 94 valence electrons. The highest BCUT2D eigenvalue weighted by atomic mass is 35.5. The SMILES string of the molecule is Cc1cccc(Cl)c1NC(=NCC(C)C)NN. The van der Waals surface area contributed by atoms with E-state index in [1.54, 1.807) is 0 Å². The van der Waals surface area contributed by atoms with E-state index in [-0.39, 0.29) is 0 Å². The lowest BCUT2D eigenvalue weighted by Crippen LogP contribution is -2.36. The number of aryl methyl sites for hydroxylation is 1. The molecule has 0 aromatic heterocycles. The number of rotatable bonds is 3. The van der Waals surface area contributed by atoms with Gasteiger partial charge in [-0.25, -0.2) is 5.84 Å². The summed E-state index contributed by atoms with van der Waals surface area (Å²) in [5.74, 6) is 6.42. The minimum absolute atomic E-state index is 0.479. The zero-order valence-corrected chi connectivity index (χ0v) is 11.2. The Hall–Kier alpha value is -1.26. The molecule has 0 saturated heterocycles. The van der Waals surface area contributed by atoms with Crippen molar-refractivity contribution in [1.29, 1.82) is 0 Å². The molecule has 0 radical (unpaired) electrons. The number of benzene rings is 1. The maximum absolute atomic E-state index is 6.11. The Balaban J connectivity index is 2.84. The van der Waals surface area contributed by atoms with Gasteiger partial charge in [-0.05, 0) is 24.5 Å². The third kappa shape index (κ3) is 4.24. The van der Waals surface area contributed by atoms with Crippen molar-refractivity contribution in [3.8, 4) is 0 Å². The number of para-hydroxylation sites is 1. The van der Waals surface area contributed by atoms with Crippen LogP contribution in [-0.4, -0.2) is 12.5 Å². The molecule has 0 bridgehead atoms. The topological polar surface area (TPSA) is 62.4 Å². The van der Waals surface area contributed by atoms with Gasteiger partial charge in [-0.2, -0.15) is 0 Å². The molecular weight excluding hydrogens is 236 g/mol. The molecule has 0 aliphatic carbocycles. The minimum Gasteiger partial charge on any atom is -0.324 e. The van der Waals surface area contributed by atoms with Gasteiger partial charge in [-0.15, -0.1) is 0 Å².